The van der Waals surface area contributed by atoms with Crippen LogP contribution in [-0.2, 0) is 9.59 Å². The summed E-state index contributed by atoms with van der Waals surface area (Å²) >= 11 is 1.16. The van der Waals surface area contributed by atoms with E-state index >= 15 is 0 Å². The molecule has 0 bridgehead atoms. The second kappa shape index (κ2) is 7.80. The number of hydrogen-bond acceptors (Lipinski definition) is 6. The van der Waals surface area contributed by atoms with Gasteiger partial charge >= 0.3 is 0 Å². The molecule has 2 amide bonds. The lowest BCUT2D eigenvalue weighted by Gasteiger charge is -2.21. The van der Waals surface area contributed by atoms with Crippen molar-refractivity contribution in [3.8, 4) is 0 Å². The fraction of sp³-hybridized carbons (Fsp3) is 0.176. The molecule has 1 aromatic heterocycles. The normalized spacial score (nSPS) is 19.2. The third-order valence-electron chi connectivity index (χ3n) is 3.36. The monoisotopic (exact) mass is 356 g/mol. The van der Waals surface area contributed by atoms with Crippen molar-refractivity contribution >= 4 is 40.6 Å². The van der Waals surface area contributed by atoms with Gasteiger partial charge in [0.05, 0.1) is 12.5 Å². The van der Waals surface area contributed by atoms with E-state index in [0.717, 1.165) is 17.3 Å². The first-order valence-electron chi connectivity index (χ1n) is 7.59. The van der Waals surface area contributed by atoms with Crippen LogP contribution in [0.15, 0.2) is 57.3 Å². The summed E-state index contributed by atoms with van der Waals surface area (Å²) in [6.07, 6.45) is 3.04. The molecule has 1 atom stereocenters. The van der Waals surface area contributed by atoms with Crippen molar-refractivity contribution in [2.75, 3.05) is 5.32 Å². The van der Waals surface area contributed by atoms with Crippen LogP contribution in [0.4, 0.5) is 5.69 Å². The highest BCUT2D eigenvalue weighted by Gasteiger charge is 2.30. The van der Waals surface area contributed by atoms with Crippen LogP contribution in [0.2, 0.25) is 0 Å². The van der Waals surface area contributed by atoms with Crippen molar-refractivity contribution in [2.45, 2.75) is 18.6 Å². The highest BCUT2D eigenvalue weighted by molar-refractivity contribution is 8.15. The number of thioether (sulfide) groups is 1. The van der Waals surface area contributed by atoms with E-state index in [1.54, 1.807) is 12.1 Å². The first-order valence-corrected chi connectivity index (χ1v) is 8.47. The lowest BCUT2D eigenvalue weighted by atomic mass is 10.2. The molecule has 7 nitrogen and oxygen atoms in total. The number of benzene rings is 1. The number of carbonyl (C=O) groups excluding carboxylic acids is 2. The molecule has 1 aliphatic heterocycles. The van der Waals surface area contributed by atoms with Crippen molar-refractivity contribution in [2.24, 2.45) is 10.2 Å². The van der Waals surface area contributed by atoms with E-state index in [9.17, 15) is 9.59 Å². The van der Waals surface area contributed by atoms with Gasteiger partial charge in [-0.1, -0.05) is 29.5 Å². The zero-order chi connectivity index (χ0) is 17.6. The molecule has 1 aliphatic rings. The standard InChI is InChI=1S/C17H16N4O3S/c1-11-4-6-12(7-5-11)19-16(23)14-9-15(22)20-17(25-14)21-18-10-13-3-2-8-24-13/h2-8,10,14H,9H2,1H3,(H,19,23)(H,20,21,22). The van der Waals surface area contributed by atoms with E-state index in [1.807, 2.05) is 31.2 Å². The Morgan fingerprint density at radius 2 is 2.16 bits per heavy atom. The number of hydrogen-bond donors (Lipinski definition) is 2. The van der Waals surface area contributed by atoms with Crippen LogP contribution in [0.5, 0.6) is 0 Å². The number of carbonyl (C=O) groups is 2. The minimum atomic E-state index is -0.562. The molecule has 0 radical (unpaired) electrons. The fourth-order valence-corrected chi connectivity index (χ4v) is 3.04. The number of furan rings is 1. The van der Waals surface area contributed by atoms with Gasteiger partial charge in [-0.25, -0.2) is 0 Å². The zero-order valence-corrected chi connectivity index (χ0v) is 14.2. The molecule has 2 N–H and O–H groups in total. The Labute approximate surface area is 148 Å². The van der Waals surface area contributed by atoms with Crippen LogP contribution in [0, 0.1) is 6.92 Å². The van der Waals surface area contributed by atoms with Gasteiger partial charge in [0.2, 0.25) is 11.8 Å². The number of rotatable bonds is 4. The van der Waals surface area contributed by atoms with Gasteiger partial charge in [-0.15, -0.1) is 5.10 Å². The van der Waals surface area contributed by atoms with E-state index in [1.165, 1.54) is 12.5 Å². The summed E-state index contributed by atoms with van der Waals surface area (Å²) in [6, 6.07) is 10.9. The van der Waals surface area contributed by atoms with Crippen LogP contribution in [0.3, 0.4) is 0 Å². The minimum absolute atomic E-state index is 0.0866. The van der Waals surface area contributed by atoms with Crippen molar-refractivity contribution in [3.05, 3.63) is 54.0 Å². The Kier molecular flexibility index (Phi) is 5.30. The van der Waals surface area contributed by atoms with Gasteiger partial charge in [0.15, 0.2) is 5.17 Å². The molecule has 2 aromatic rings. The summed E-state index contributed by atoms with van der Waals surface area (Å²) in [6.45, 7) is 1.97. The van der Waals surface area contributed by atoms with Crippen LogP contribution in [0.1, 0.15) is 17.7 Å². The van der Waals surface area contributed by atoms with Crippen LogP contribution in [0.25, 0.3) is 0 Å². The van der Waals surface area contributed by atoms with E-state index < -0.39 is 5.25 Å². The third-order valence-corrected chi connectivity index (χ3v) is 4.43. The van der Waals surface area contributed by atoms with Crippen molar-refractivity contribution in [3.63, 3.8) is 0 Å². The average Bonchev–Trinajstić information content (AvgIpc) is 3.10. The van der Waals surface area contributed by atoms with E-state index in [0.29, 0.717) is 11.4 Å². The predicted octanol–water partition coefficient (Wildman–Crippen LogP) is 2.54. The lowest BCUT2D eigenvalue weighted by molar-refractivity contribution is -0.123. The van der Waals surface area contributed by atoms with E-state index in [-0.39, 0.29) is 23.4 Å². The topological polar surface area (TPSA) is 96.1 Å². The number of anilines is 1. The van der Waals surface area contributed by atoms with Gasteiger partial charge in [0, 0.05) is 12.1 Å². The Hall–Kier alpha value is -2.87. The number of nitrogens with zero attached hydrogens (tertiary/aromatic N) is 2. The van der Waals surface area contributed by atoms with Gasteiger partial charge < -0.3 is 15.1 Å². The summed E-state index contributed by atoms with van der Waals surface area (Å²) in [4.78, 5) is 24.2. The first kappa shape index (κ1) is 17.0. The van der Waals surface area contributed by atoms with Crippen LogP contribution < -0.4 is 10.6 Å². The molecular weight excluding hydrogens is 340 g/mol. The number of nitrogens with one attached hydrogen (secondary N) is 2. The van der Waals surface area contributed by atoms with Gasteiger partial charge in [0.25, 0.3) is 0 Å². The zero-order valence-electron chi connectivity index (χ0n) is 13.4. The maximum absolute atomic E-state index is 12.4. The summed E-state index contributed by atoms with van der Waals surface area (Å²) in [5.74, 6) is 0.0336. The molecule has 3 rings (SSSR count). The van der Waals surface area contributed by atoms with Crippen LogP contribution >= 0.6 is 11.8 Å². The van der Waals surface area contributed by atoms with Gasteiger partial charge in [-0.3, -0.25) is 9.59 Å². The second-order valence-electron chi connectivity index (χ2n) is 5.38. The lowest BCUT2D eigenvalue weighted by Crippen LogP contribution is -2.41. The quantitative estimate of drug-likeness (QED) is 0.650. The summed E-state index contributed by atoms with van der Waals surface area (Å²) in [5, 5.41) is 12.9. The molecule has 0 spiro atoms. The molecule has 128 valence electrons. The maximum atomic E-state index is 12.4. The molecule has 0 saturated carbocycles. The number of aryl methyl sites for hydroxylation is 1. The molecule has 0 aliphatic carbocycles. The Bertz CT molecular complexity index is 813. The van der Waals surface area contributed by atoms with Crippen molar-refractivity contribution < 1.29 is 14.0 Å². The van der Waals surface area contributed by atoms with Crippen molar-refractivity contribution in [1.82, 2.24) is 5.32 Å². The molecule has 1 fully saturated rings. The smallest absolute Gasteiger partial charge is 0.238 e. The van der Waals surface area contributed by atoms with E-state index in [4.69, 9.17) is 4.42 Å². The highest BCUT2D eigenvalue weighted by Crippen LogP contribution is 2.22. The largest absolute Gasteiger partial charge is 0.463 e. The molecule has 1 unspecified atom stereocenters. The number of amides is 2. The summed E-state index contributed by atoms with van der Waals surface area (Å²) in [5.41, 5.74) is 1.80. The first-order chi connectivity index (χ1) is 12.1. The van der Waals surface area contributed by atoms with Gasteiger partial charge in [-0.2, -0.15) is 5.10 Å². The average molecular weight is 356 g/mol. The van der Waals surface area contributed by atoms with Crippen molar-refractivity contribution in [1.29, 1.82) is 0 Å². The third kappa shape index (κ3) is 4.80. The number of amidine groups is 1. The Morgan fingerprint density at radius 3 is 2.88 bits per heavy atom. The van der Waals surface area contributed by atoms with Gasteiger partial charge in [-0.05, 0) is 31.2 Å². The summed E-state index contributed by atoms with van der Waals surface area (Å²) < 4.78 is 5.10. The van der Waals surface area contributed by atoms with Crippen LogP contribution in [-0.4, -0.2) is 28.4 Å². The highest BCUT2D eigenvalue weighted by atomic mass is 32.2. The second-order valence-corrected chi connectivity index (χ2v) is 6.57. The molecule has 1 aromatic carbocycles. The Balaban J connectivity index is 1.64. The fourth-order valence-electron chi connectivity index (χ4n) is 2.10. The van der Waals surface area contributed by atoms with E-state index in [2.05, 4.69) is 20.8 Å². The predicted molar refractivity (Wildman–Crippen MR) is 97.7 cm³/mol. The Morgan fingerprint density at radius 1 is 1.36 bits per heavy atom. The van der Waals surface area contributed by atoms with Gasteiger partial charge in [0.1, 0.15) is 11.0 Å². The molecule has 25 heavy (non-hydrogen) atoms. The maximum Gasteiger partial charge on any atom is 0.238 e. The molecular formula is C17H16N4O3S. The summed E-state index contributed by atoms with van der Waals surface area (Å²) in [7, 11) is 0. The molecule has 1 saturated heterocycles. The molecule has 2 heterocycles. The molecule has 8 heteroatoms. The minimum Gasteiger partial charge on any atom is -0.463 e. The SMILES string of the molecule is Cc1ccc(NC(=O)C2CC(=O)N/C(=N\N=Cc3ccco3)S2)cc1.